The van der Waals surface area contributed by atoms with Crippen molar-refractivity contribution in [3.8, 4) is 5.75 Å². The summed E-state index contributed by atoms with van der Waals surface area (Å²) in [5.41, 5.74) is -2.72. The standard InChI is InChI=1S/C26H29FN6O11/c1-10-31-32-21(42-10)20(38)30-26(2,3)25-29-13(19(37)28-9-11-5-7-12(27)8-6-11)17(22(39)33(25)4)43-24-16(36)14(34)15(35)18(44-24)23(40)41/h5-8,14-16,18,24,34-36H,9H2,1-4H3,(H,28,37)(H,30,38)(H,40,41)/t14-,15-,16-,18-,24+/m1/s1. The van der Waals surface area contributed by atoms with Crippen LogP contribution in [0.4, 0.5) is 4.39 Å². The molecule has 44 heavy (non-hydrogen) atoms. The van der Waals surface area contributed by atoms with E-state index >= 15 is 0 Å². The Hall–Kier alpha value is -4.78. The smallest absolute Gasteiger partial charge is 0.335 e. The second-order valence-corrected chi connectivity index (χ2v) is 10.3. The zero-order valence-corrected chi connectivity index (χ0v) is 23.7. The van der Waals surface area contributed by atoms with Crippen LogP contribution in [0.25, 0.3) is 0 Å². The molecule has 6 N–H and O–H groups in total. The van der Waals surface area contributed by atoms with Gasteiger partial charge in [0, 0.05) is 20.5 Å². The zero-order valence-electron chi connectivity index (χ0n) is 23.7. The highest BCUT2D eigenvalue weighted by atomic mass is 19.1. The first-order valence-corrected chi connectivity index (χ1v) is 13.0. The molecule has 0 unspecified atom stereocenters. The predicted octanol–water partition coefficient (Wildman–Crippen LogP) is -1.52. The molecule has 0 aliphatic carbocycles. The maximum absolute atomic E-state index is 13.6. The van der Waals surface area contributed by atoms with Gasteiger partial charge in [0.1, 0.15) is 30.0 Å². The van der Waals surface area contributed by atoms with Gasteiger partial charge in [-0.05, 0) is 31.5 Å². The van der Waals surface area contributed by atoms with Crippen LogP contribution in [0, 0.1) is 12.7 Å². The largest absolute Gasteiger partial charge is 0.479 e. The number of nitrogens with one attached hydrogen (secondary N) is 2. The Labute approximate surface area is 247 Å². The third kappa shape index (κ3) is 6.57. The van der Waals surface area contributed by atoms with E-state index in [1.807, 2.05) is 0 Å². The van der Waals surface area contributed by atoms with E-state index in [2.05, 4.69) is 25.8 Å². The summed E-state index contributed by atoms with van der Waals surface area (Å²) in [5, 5.41) is 52.3. The van der Waals surface area contributed by atoms with Gasteiger partial charge in [-0.1, -0.05) is 12.1 Å². The van der Waals surface area contributed by atoms with Gasteiger partial charge >= 0.3 is 17.8 Å². The van der Waals surface area contributed by atoms with E-state index in [1.165, 1.54) is 52.1 Å². The fourth-order valence-electron chi connectivity index (χ4n) is 4.32. The molecule has 0 bridgehead atoms. The van der Waals surface area contributed by atoms with Crippen LogP contribution in [0.3, 0.4) is 0 Å². The molecule has 17 nitrogen and oxygen atoms in total. The van der Waals surface area contributed by atoms with Crippen molar-refractivity contribution in [2.24, 2.45) is 7.05 Å². The molecule has 1 aliphatic rings. The fourth-order valence-corrected chi connectivity index (χ4v) is 4.32. The molecule has 3 heterocycles. The molecule has 0 saturated carbocycles. The molecule has 0 radical (unpaired) electrons. The monoisotopic (exact) mass is 620 g/mol. The minimum Gasteiger partial charge on any atom is -0.479 e. The number of nitrogens with zero attached hydrogens (tertiary/aromatic N) is 4. The molecule has 1 aromatic carbocycles. The average molecular weight is 621 g/mol. The summed E-state index contributed by atoms with van der Waals surface area (Å²) in [4.78, 5) is 55.7. The van der Waals surface area contributed by atoms with Gasteiger partial charge in [-0.3, -0.25) is 19.0 Å². The maximum Gasteiger partial charge on any atom is 0.335 e. The van der Waals surface area contributed by atoms with Gasteiger partial charge in [-0.25, -0.2) is 14.2 Å². The summed E-state index contributed by atoms with van der Waals surface area (Å²) in [6.45, 7) is 4.23. The third-order valence-corrected chi connectivity index (χ3v) is 6.58. The normalized spacial score (nSPS) is 21.9. The van der Waals surface area contributed by atoms with Crippen LogP contribution in [0.15, 0.2) is 33.5 Å². The number of aryl methyl sites for hydroxylation is 1. The first-order valence-electron chi connectivity index (χ1n) is 13.0. The molecule has 1 aliphatic heterocycles. The lowest BCUT2D eigenvalue weighted by atomic mass is 9.99. The van der Waals surface area contributed by atoms with E-state index in [-0.39, 0.29) is 24.2 Å². The quantitative estimate of drug-likeness (QED) is 0.159. The number of hydrogen-bond acceptors (Lipinski definition) is 13. The Morgan fingerprint density at radius 1 is 1.07 bits per heavy atom. The van der Waals surface area contributed by atoms with Crippen molar-refractivity contribution in [2.45, 2.75) is 63.6 Å². The van der Waals surface area contributed by atoms with Crippen LogP contribution < -0.4 is 20.9 Å². The molecule has 4 rings (SSSR count). The van der Waals surface area contributed by atoms with Crippen molar-refractivity contribution >= 4 is 17.8 Å². The predicted molar refractivity (Wildman–Crippen MR) is 142 cm³/mol. The number of aromatic nitrogens is 4. The lowest BCUT2D eigenvalue weighted by molar-refractivity contribution is -0.271. The Morgan fingerprint density at radius 3 is 2.32 bits per heavy atom. The highest BCUT2D eigenvalue weighted by molar-refractivity contribution is 5.95. The molecule has 2 aromatic heterocycles. The first-order chi connectivity index (χ1) is 20.6. The lowest BCUT2D eigenvalue weighted by Gasteiger charge is -2.38. The van der Waals surface area contributed by atoms with Gasteiger partial charge < -0.3 is 45.0 Å². The van der Waals surface area contributed by atoms with Crippen LogP contribution in [0.1, 0.15) is 52.3 Å². The van der Waals surface area contributed by atoms with Crippen LogP contribution in [0.2, 0.25) is 0 Å². The number of hydrogen-bond donors (Lipinski definition) is 6. The van der Waals surface area contributed by atoms with Gasteiger partial charge in [0.05, 0.1) is 5.54 Å². The number of amides is 2. The van der Waals surface area contributed by atoms with E-state index in [1.54, 1.807) is 0 Å². The minimum atomic E-state index is -2.07. The number of aliphatic carboxylic acids is 1. The Morgan fingerprint density at radius 2 is 1.73 bits per heavy atom. The molecule has 0 spiro atoms. The number of carboxylic acid groups (broad SMARTS) is 1. The SMILES string of the molecule is Cc1nnc(C(=O)NC(C)(C)c2nc(C(=O)NCc3ccc(F)cc3)c(O[C@H]3O[C@@H](C(=O)O)[C@H](O)[C@@H](O)[C@H]3O)c(=O)n2C)o1. The summed E-state index contributed by atoms with van der Waals surface area (Å²) in [5.74, 6) is -5.28. The highest BCUT2D eigenvalue weighted by Gasteiger charge is 2.49. The van der Waals surface area contributed by atoms with Crippen molar-refractivity contribution in [1.29, 1.82) is 0 Å². The van der Waals surface area contributed by atoms with Gasteiger partial charge in [0.2, 0.25) is 17.9 Å². The van der Waals surface area contributed by atoms with Crippen molar-refractivity contribution < 1.29 is 53.1 Å². The number of ether oxygens (including phenoxy) is 2. The van der Waals surface area contributed by atoms with Crippen LogP contribution in [-0.2, 0) is 28.7 Å². The molecular formula is C26H29FN6O11. The van der Waals surface area contributed by atoms with Gasteiger partial charge in [-0.2, -0.15) is 0 Å². The Kier molecular flexibility index (Phi) is 9.09. The highest BCUT2D eigenvalue weighted by Crippen LogP contribution is 2.26. The van der Waals surface area contributed by atoms with Gasteiger partial charge in [0.25, 0.3) is 11.5 Å². The van der Waals surface area contributed by atoms with Crippen molar-refractivity contribution in [3.63, 3.8) is 0 Å². The maximum atomic E-state index is 13.6. The fraction of sp³-hybridized carbons (Fsp3) is 0.423. The number of aliphatic hydroxyl groups is 3. The van der Waals surface area contributed by atoms with Crippen molar-refractivity contribution in [1.82, 2.24) is 30.4 Å². The summed E-state index contributed by atoms with van der Waals surface area (Å²) in [6, 6.07) is 5.14. The summed E-state index contributed by atoms with van der Waals surface area (Å²) >= 11 is 0. The van der Waals surface area contributed by atoms with E-state index < -0.39 is 76.8 Å². The molecular weight excluding hydrogens is 591 g/mol. The molecule has 18 heteroatoms. The first kappa shape index (κ1) is 32.1. The van der Waals surface area contributed by atoms with Crippen molar-refractivity contribution in [3.05, 3.63) is 69.3 Å². The molecule has 1 fully saturated rings. The van der Waals surface area contributed by atoms with E-state index in [0.717, 1.165) is 4.57 Å². The Bertz CT molecular complexity index is 1620. The number of carbonyl (C=O) groups excluding carboxylic acids is 2. The molecule has 2 amide bonds. The summed E-state index contributed by atoms with van der Waals surface area (Å²) in [7, 11) is 1.24. The number of aliphatic hydroxyl groups excluding tert-OH is 3. The van der Waals surface area contributed by atoms with Gasteiger partial charge in [0.15, 0.2) is 11.8 Å². The molecule has 1 saturated heterocycles. The topological polar surface area (TPSA) is 248 Å². The second-order valence-electron chi connectivity index (χ2n) is 10.3. The second kappa shape index (κ2) is 12.4. The number of carboxylic acids is 1. The zero-order chi connectivity index (χ0) is 32.5. The summed E-state index contributed by atoms with van der Waals surface area (Å²) in [6.07, 6.45) is -10.3. The number of benzene rings is 1. The Balaban J connectivity index is 1.74. The van der Waals surface area contributed by atoms with E-state index in [0.29, 0.717) is 5.56 Å². The third-order valence-electron chi connectivity index (χ3n) is 6.58. The molecule has 3 aromatic rings. The summed E-state index contributed by atoms with van der Waals surface area (Å²) < 4.78 is 30.0. The van der Waals surface area contributed by atoms with Gasteiger partial charge in [-0.15, -0.1) is 10.2 Å². The minimum absolute atomic E-state index is 0.120. The molecule has 5 atom stereocenters. The van der Waals surface area contributed by atoms with Crippen LogP contribution in [-0.4, -0.2) is 88.7 Å². The number of halogens is 1. The van der Waals surface area contributed by atoms with E-state index in [4.69, 9.17) is 13.9 Å². The van der Waals surface area contributed by atoms with E-state index in [9.17, 15) is 44.0 Å². The number of rotatable bonds is 9. The number of carbonyl (C=O) groups is 3. The molecule has 236 valence electrons. The average Bonchev–Trinajstić information content (AvgIpc) is 3.41. The van der Waals surface area contributed by atoms with Crippen molar-refractivity contribution in [2.75, 3.05) is 0 Å². The lowest BCUT2D eigenvalue weighted by Crippen LogP contribution is -2.61. The van der Waals surface area contributed by atoms with Crippen LogP contribution in [0.5, 0.6) is 5.75 Å². The van der Waals surface area contributed by atoms with Crippen LogP contribution >= 0.6 is 0 Å².